The van der Waals surface area contributed by atoms with Crippen LogP contribution in [0.5, 0.6) is 5.75 Å². The fourth-order valence-corrected chi connectivity index (χ4v) is 1.97. The first-order chi connectivity index (χ1) is 9.06. The van der Waals surface area contributed by atoms with Gasteiger partial charge in [0.15, 0.2) is 6.10 Å². The lowest BCUT2D eigenvalue weighted by Crippen LogP contribution is -2.40. The Balaban J connectivity index is 1.78. The zero-order chi connectivity index (χ0) is 13.8. The van der Waals surface area contributed by atoms with Gasteiger partial charge >= 0.3 is 0 Å². The van der Waals surface area contributed by atoms with Crippen LogP contribution < -0.4 is 10.1 Å². The summed E-state index contributed by atoms with van der Waals surface area (Å²) in [6.45, 7) is 1.95. The smallest absolute Gasteiger partial charge is 0.260 e. The minimum atomic E-state index is -0.620. The molecule has 1 fully saturated rings. The second kappa shape index (κ2) is 6.26. The number of hydrogen-bond donors (Lipinski definition) is 2. The maximum absolute atomic E-state index is 11.8. The number of halogens is 1. The summed E-state index contributed by atoms with van der Waals surface area (Å²) in [5, 5.41) is 12.9. The first kappa shape index (κ1) is 14.2. The van der Waals surface area contributed by atoms with E-state index in [0.29, 0.717) is 16.7 Å². The molecule has 1 aliphatic carbocycles. The number of benzene rings is 1. The molecule has 0 aliphatic heterocycles. The summed E-state index contributed by atoms with van der Waals surface area (Å²) in [5.41, 5.74) is 0. The van der Waals surface area contributed by atoms with Crippen molar-refractivity contribution in [1.29, 1.82) is 0 Å². The second-order valence-corrected chi connectivity index (χ2v) is 5.30. The van der Waals surface area contributed by atoms with Crippen LogP contribution in [0.2, 0.25) is 5.02 Å². The molecule has 2 rings (SSSR count). The average Bonchev–Trinajstić information content (AvgIpc) is 3.19. The van der Waals surface area contributed by atoms with Gasteiger partial charge in [0, 0.05) is 11.6 Å². The van der Waals surface area contributed by atoms with Gasteiger partial charge in [0.05, 0.1) is 6.10 Å². The van der Waals surface area contributed by atoms with Crippen LogP contribution in [-0.2, 0) is 4.79 Å². The molecule has 0 aromatic heterocycles. The Hall–Kier alpha value is -1.26. The number of carbonyl (C=O) groups is 1. The molecule has 0 saturated heterocycles. The highest BCUT2D eigenvalue weighted by atomic mass is 35.5. The lowest BCUT2D eigenvalue weighted by atomic mass is 10.2. The van der Waals surface area contributed by atoms with Crippen molar-refractivity contribution in [3.63, 3.8) is 0 Å². The number of carbonyl (C=O) groups excluding carboxylic acids is 1. The van der Waals surface area contributed by atoms with E-state index in [-0.39, 0.29) is 12.5 Å². The molecule has 2 unspecified atom stereocenters. The molecule has 2 atom stereocenters. The van der Waals surface area contributed by atoms with Crippen LogP contribution in [0.1, 0.15) is 19.8 Å². The highest BCUT2D eigenvalue weighted by Crippen LogP contribution is 2.32. The molecule has 0 bridgehead atoms. The molecular formula is C14H18ClNO3. The monoisotopic (exact) mass is 283 g/mol. The van der Waals surface area contributed by atoms with E-state index in [0.717, 1.165) is 12.8 Å². The molecular weight excluding hydrogens is 266 g/mol. The molecule has 104 valence electrons. The largest absolute Gasteiger partial charge is 0.481 e. The molecule has 2 N–H and O–H groups in total. The third kappa shape index (κ3) is 4.40. The predicted molar refractivity (Wildman–Crippen MR) is 73.3 cm³/mol. The second-order valence-electron chi connectivity index (χ2n) is 4.87. The van der Waals surface area contributed by atoms with Crippen LogP contribution in [-0.4, -0.2) is 29.8 Å². The zero-order valence-electron chi connectivity index (χ0n) is 10.8. The van der Waals surface area contributed by atoms with Gasteiger partial charge in [0.2, 0.25) is 0 Å². The lowest BCUT2D eigenvalue weighted by Gasteiger charge is -2.16. The van der Waals surface area contributed by atoms with Gasteiger partial charge in [0.1, 0.15) is 5.75 Å². The number of hydrogen-bond acceptors (Lipinski definition) is 3. The molecule has 1 amide bonds. The topological polar surface area (TPSA) is 58.6 Å². The van der Waals surface area contributed by atoms with Crippen molar-refractivity contribution in [2.75, 3.05) is 6.54 Å². The van der Waals surface area contributed by atoms with E-state index in [9.17, 15) is 9.90 Å². The molecule has 1 aromatic carbocycles. The fraction of sp³-hybridized carbons (Fsp3) is 0.500. The predicted octanol–water partition coefficient (Wildman–Crippen LogP) is 1.99. The Morgan fingerprint density at radius 3 is 2.95 bits per heavy atom. The summed E-state index contributed by atoms with van der Waals surface area (Å²) >= 11 is 5.84. The van der Waals surface area contributed by atoms with Gasteiger partial charge in [-0.1, -0.05) is 17.7 Å². The van der Waals surface area contributed by atoms with Gasteiger partial charge in [-0.15, -0.1) is 0 Å². The van der Waals surface area contributed by atoms with Crippen LogP contribution in [0, 0.1) is 5.92 Å². The van der Waals surface area contributed by atoms with Crippen LogP contribution >= 0.6 is 11.6 Å². The highest BCUT2D eigenvalue weighted by Gasteiger charge is 2.30. The summed E-state index contributed by atoms with van der Waals surface area (Å²) in [7, 11) is 0. The third-order valence-corrected chi connectivity index (χ3v) is 3.36. The Morgan fingerprint density at radius 2 is 2.32 bits per heavy atom. The molecule has 0 heterocycles. The van der Waals surface area contributed by atoms with Gasteiger partial charge in [-0.05, 0) is 43.9 Å². The summed E-state index contributed by atoms with van der Waals surface area (Å²) in [4.78, 5) is 11.8. The molecule has 5 heteroatoms. The van der Waals surface area contributed by atoms with Crippen molar-refractivity contribution < 1.29 is 14.6 Å². The van der Waals surface area contributed by atoms with Gasteiger partial charge < -0.3 is 15.2 Å². The fourth-order valence-electron chi connectivity index (χ4n) is 1.79. The number of aliphatic hydroxyl groups is 1. The van der Waals surface area contributed by atoms with Gasteiger partial charge in [-0.2, -0.15) is 0 Å². The van der Waals surface area contributed by atoms with Crippen molar-refractivity contribution in [3.05, 3.63) is 29.3 Å². The van der Waals surface area contributed by atoms with E-state index in [1.807, 2.05) is 0 Å². The van der Waals surface area contributed by atoms with E-state index >= 15 is 0 Å². The summed E-state index contributed by atoms with van der Waals surface area (Å²) < 4.78 is 5.49. The van der Waals surface area contributed by atoms with Crippen LogP contribution in [0.3, 0.4) is 0 Å². The maximum atomic E-state index is 11.8. The molecule has 4 nitrogen and oxygen atoms in total. The molecule has 1 aromatic rings. The average molecular weight is 284 g/mol. The maximum Gasteiger partial charge on any atom is 0.260 e. The number of rotatable bonds is 6. The lowest BCUT2D eigenvalue weighted by molar-refractivity contribution is -0.127. The van der Waals surface area contributed by atoms with Crippen molar-refractivity contribution in [3.8, 4) is 5.75 Å². The Morgan fingerprint density at radius 1 is 1.58 bits per heavy atom. The standard InChI is InChI=1S/C14H18ClNO3/c1-9(19-12-4-2-3-11(15)7-12)14(18)16-8-13(17)10-5-6-10/h2-4,7,9-10,13,17H,5-6,8H2,1H3,(H,16,18). The molecule has 1 saturated carbocycles. The van der Waals surface area contributed by atoms with Crippen molar-refractivity contribution >= 4 is 17.5 Å². The molecule has 1 aliphatic rings. The van der Waals surface area contributed by atoms with Gasteiger partial charge in [-0.25, -0.2) is 0 Å². The normalized spacial score (nSPS) is 17.6. The van der Waals surface area contributed by atoms with Crippen molar-refractivity contribution in [2.24, 2.45) is 5.92 Å². The first-order valence-corrected chi connectivity index (χ1v) is 6.82. The van der Waals surface area contributed by atoms with E-state index in [4.69, 9.17) is 16.3 Å². The zero-order valence-corrected chi connectivity index (χ0v) is 11.6. The van der Waals surface area contributed by atoms with E-state index < -0.39 is 12.2 Å². The SMILES string of the molecule is CC(Oc1cccc(Cl)c1)C(=O)NCC(O)C1CC1. The van der Waals surface area contributed by atoms with Crippen molar-refractivity contribution in [1.82, 2.24) is 5.32 Å². The minimum Gasteiger partial charge on any atom is -0.481 e. The van der Waals surface area contributed by atoms with Crippen LogP contribution in [0.15, 0.2) is 24.3 Å². The van der Waals surface area contributed by atoms with E-state index in [1.165, 1.54) is 0 Å². The van der Waals surface area contributed by atoms with Gasteiger partial charge in [0.25, 0.3) is 5.91 Å². The highest BCUT2D eigenvalue weighted by molar-refractivity contribution is 6.30. The Bertz CT molecular complexity index is 448. The minimum absolute atomic E-state index is 0.236. The molecule has 19 heavy (non-hydrogen) atoms. The number of ether oxygens (including phenoxy) is 1. The van der Waals surface area contributed by atoms with Gasteiger partial charge in [-0.3, -0.25) is 4.79 Å². The molecule has 0 spiro atoms. The van der Waals surface area contributed by atoms with E-state index in [2.05, 4.69) is 5.32 Å². The van der Waals surface area contributed by atoms with E-state index in [1.54, 1.807) is 31.2 Å². The number of nitrogens with one attached hydrogen (secondary N) is 1. The Labute approximate surface area is 117 Å². The number of aliphatic hydroxyl groups excluding tert-OH is 1. The van der Waals surface area contributed by atoms with Crippen LogP contribution in [0.4, 0.5) is 0 Å². The quantitative estimate of drug-likeness (QED) is 0.839. The first-order valence-electron chi connectivity index (χ1n) is 6.44. The van der Waals surface area contributed by atoms with Crippen molar-refractivity contribution in [2.45, 2.75) is 32.0 Å². The summed E-state index contributed by atoms with van der Waals surface area (Å²) in [6.07, 6.45) is 1.03. The third-order valence-electron chi connectivity index (χ3n) is 3.13. The number of amides is 1. The molecule has 0 radical (unpaired) electrons. The Kier molecular flexibility index (Phi) is 4.66. The summed E-state index contributed by atoms with van der Waals surface area (Å²) in [5.74, 6) is 0.669. The summed E-state index contributed by atoms with van der Waals surface area (Å²) in [6, 6.07) is 6.91. The van der Waals surface area contributed by atoms with Crippen LogP contribution in [0.25, 0.3) is 0 Å².